The molecule has 0 saturated heterocycles. The Hall–Kier alpha value is -4.39. The summed E-state index contributed by atoms with van der Waals surface area (Å²) in [4.78, 5) is 58.0. The SMILES string of the molecule is CC(=O)N[C@H](CCC(=O)N[C@H](CCC(=O)NCCc1ccc(OCc2coc(CN)c2)cc1)C(=O)O)C(=O)O. The smallest absolute Gasteiger partial charge is 0.326 e. The van der Waals surface area contributed by atoms with Gasteiger partial charge in [-0.1, -0.05) is 12.1 Å². The normalized spacial score (nSPS) is 12.2. The van der Waals surface area contributed by atoms with Crippen molar-refractivity contribution in [3.63, 3.8) is 0 Å². The minimum atomic E-state index is -1.32. The van der Waals surface area contributed by atoms with E-state index in [9.17, 15) is 29.1 Å². The summed E-state index contributed by atoms with van der Waals surface area (Å²) in [5.74, 6) is -2.90. The van der Waals surface area contributed by atoms with Crippen molar-refractivity contribution in [2.24, 2.45) is 5.73 Å². The highest BCUT2D eigenvalue weighted by Gasteiger charge is 2.23. The number of nitrogens with two attached hydrogens (primary N) is 1. The lowest BCUT2D eigenvalue weighted by molar-refractivity contribution is -0.143. The average molecular weight is 547 g/mol. The van der Waals surface area contributed by atoms with Crippen LogP contribution in [0, 0.1) is 0 Å². The van der Waals surface area contributed by atoms with Crippen LogP contribution in [0.15, 0.2) is 41.0 Å². The fourth-order valence-electron chi connectivity index (χ4n) is 3.54. The molecule has 0 fully saturated rings. The third kappa shape index (κ3) is 11.7. The first-order chi connectivity index (χ1) is 18.6. The molecule has 13 nitrogen and oxygen atoms in total. The Morgan fingerprint density at radius 3 is 2.10 bits per heavy atom. The van der Waals surface area contributed by atoms with Crippen molar-refractivity contribution >= 4 is 29.7 Å². The molecule has 0 aliphatic carbocycles. The van der Waals surface area contributed by atoms with Crippen molar-refractivity contribution < 1.29 is 43.3 Å². The molecule has 0 aliphatic heterocycles. The third-order valence-electron chi connectivity index (χ3n) is 5.60. The van der Waals surface area contributed by atoms with Crippen LogP contribution in [0.4, 0.5) is 0 Å². The van der Waals surface area contributed by atoms with Crippen molar-refractivity contribution in [1.82, 2.24) is 16.0 Å². The highest BCUT2D eigenvalue weighted by Crippen LogP contribution is 2.16. The largest absolute Gasteiger partial charge is 0.489 e. The van der Waals surface area contributed by atoms with Crippen molar-refractivity contribution in [2.75, 3.05) is 6.54 Å². The molecule has 2 rings (SSSR count). The summed E-state index contributed by atoms with van der Waals surface area (Å²) >= 11 is 0. The number of rotatable bonds is 17. The molecule has 0 aliphatic rings. The summed E-state index contributed by atoms with van der Waals surface area (Å²) in [6, 6.07) is 6.63. The van der Waals surface area contributed by atoms with Crippen LogP contribution in [0.1, 0.15) is 49.5 Å². The summed E-state index contributed by atoms with van der Waals surface area (Å²) in [6.07, 6.45) is 1.35. The Morgan fingerprint density at radius 2 is 1.54 bits per heavy atom. The molecule has 0 saturated carbocycles. The van der Waals surface area contributed by atoms with Crippen LogP contribution in [0.25, 0.3) is 0 Å². The Bertz CT molecular complexity index is 1130. The standard InChI is InChI=1S/C26H34N4O9/c1-16(31)29-21(25(34)35)7-9-24(33)30-22(26(36)37)6-8-23(32)28-11-10-17-2-4-19(5-3-17)38-14-18-12-20(13-27)39-15-18/h2-5,12,15,21-22H,6-11,13-14,27H2,1H3,(H,28,32)(H,29,31)(H,30,33)(H,34,35)(H,36,37)/t21-,22-/m1/s1. The zero-order chi connectivity index (χ0) is 28.8. The molecule has 0 bridgehead atoms. The number of hydrogen-bond acceptors (Lipinski definition) is 8. The highest BCUT2D eigenvalue weighted by molar-refractivity contribution is 5.86. The molecule has 2 aromatic rings. The van der Waals surface area contributed by atoms with Crippen LogP contribution < -0.4 is 26.4 Å². The van der Waals surface area contributed by atoms with E-state index in [1.807, 2.05) is 30.3 Å². The zero-order valence-corrected chi connectivity index (χ0v) is 21.6. The summed E-state index contributed by atoms with van der Waals surface area (Å²) in [6.45, 7) is 2.15. The maximum absolute atomic E-state index is 12.2. The predicted molar refractivity (Wildman–Crippen MR) is 137 cm³/mol. The number of aliphatic carboxylic acids is 2. The van der Waals surface area contributed by atoms with Gasteiger partial charge in [-0.2, -0.15) is 0 Å². The number of carbonyl (C=O) groups is 5. The number of furan rings is 1. The Kier molecular flexibility index (Phi) is 12.5. The number of carbonyl (C=O) groups excluding carboxylic acids is 3. The summed E-state index contributed by atoms with van der Waals surface area (Å²) in [7, 11) is 0. The van der Waals surface area contributed by atoms with Gasteiger partial charge in [-0.15, -0.1) is 0 Å². The van der Waals surface area contributed by atoms with Gasteiger partial charge in [0.05, 0.1) is 12.8 Å². The first kappa shape index (κ1) is 30.8. The molecule has 1 aromatic carbocycles. The van der Waals surface area contributed by atoms with E-state index in [0.717, 1.165) is 18.1 Å². The van der Waals surface area contributed by atoms with Crippen molar-refractivity contribution in [3.05, 3.63) is 53.5 Å². The van der Waals surface area contributed by atoms with Gasteiger partial charge in [-0.25, -0.2) is 9.59 Å². The van der Waals surface area contributed by atoms with Gasteiger partial charge in [0, 0.05) is 31.9 Å². The maximum atomic E-state index is 12.2. The average Bonchev–Trinajstić information content (AvgIpc) is 3.36. The number of hydrogen-bond donors (Lipinski definition) is 6. The fourth-order valence-corrected chi connectivity index (χ4v) is 3.54. The quantitative estimate of drug-likeness (QED) is 0.163. The van der Waals surface area contributed by atoms with E-state index in [2.05, 4.69) is 16.0 Å². The van der Waals surface area contributed by atoms with E-state index in [1.54, 1.807) is 6.26 Å². The molecule has 13 heteroatoms. The van der Waals surface area contributed by atoms with E-state index in [4.69, 9.17) is 20.0 Å². The molecule has 0 spiro atoms. The van der Waals surface area contributed by atoms with Gasteiger partial charge in [0.25, 0.3) is 0 Å². The molecular weight excluding hydrogens is 512 g/mol. The zero-order valence-electron chi connectivity index (χ0n) is 21.6. The number of nitrogens with one attached hydrogen (secondary N) is 3. The Morgan fingerprint density at radius 1 is 0.923 bits per heavy atom. The fraction of sp³-hybridized carbons (Fsp3) is 0.423. The van der Waals surface area contributed by atoms with E-state index in [-0.39, 0.29) is 31.6 Å². The molecule has 212 valence electrons. The van der Waals surface area contributed by atoms with Gasteiger partial charge in [-0.05, 0) is 43.0 Å². The van der Waals surface area contributed by atoms with Crippen molar-refractivity contribution in [1.29, 1.82) is 0 Å². The lowest BCUT2D eigenvalue weighted by Gasteiger charge is -2.16. The van der Waals surface area contributed by atoms with Crippen LogP contribution in [0.5, 0.6) is 5.75 Å². The van der Waals surface area contributed by atoms with Crippen molar-refractivity contribution in [2.45, 2.75) is 64.3 Å². The summed E-state index contributed by atoms with van der Waals surface area (Å²) in [5, 5.41) is 25.6. The van der Waals surface area contributed by atoms with E-state index >= 15 is 0 Å². The van der Waals surface area contributed by atoms with Crippen molar-refractivity contribution in [3.8, 4) is 5.75 Å². The van der Waals surface area contributed by atoms with Crippen LogP contribution in [0.2, 0.25) is 0 Å². The van der Waals surface area contributed by atoms with Gasteiger partial charge in [0.15, 0.2) is 0 Å². The second-order valence-electron chi connectivity index (χ2n) is 8.79. The monoisotopic (exact) mass is 546 g/mol. The van der Waals surface area contributed by atoms with Gasteiger partial charge < -0.3 is 41.1 Å². The van der Waals surface area contributed by atoms with Crippen LogP contribution in [0.3, 0.4) is 0 Å². The molecule has 3 amide bonds. The Labute approximate surface area is 225 Å². The van der Waals surface area contributed by atoms with Crippen LogP contribution in [-0.4, -0.2) is 58.5 Å². The minimum absolute atomic E-state index is 0.131. The van der Waals surface area contributed by atoms with Gasteiger partial charge in [0.2, 0.25) is 17.7 Å². The second-order valence-corrected chi connectivity index (χ2v) is 8.79. The minimum Gasteiger partial charge on any atom is -0.489 e. The number of amides is 3. The van der Waals surface area contributed by atoms with E-state index in [0.29, 0.717) is 37.6 Å². The number of ether oxygens (including phenoxy) is 1. The van der Waals surface area contributed by atoms with E-state index in [1.165, 1.54) is 0 Å². The Balaban J connectivity index is 1.69. The predicted octanol–water partition coefficient (Wildman–Crippen LogP) is 0.695. The second kappa shape index (κ2) is 15.8. The van der Waals surface area contributed by atoms with Crippen LogP contribution in [-0.2, 0) is 43.5 Å². The number of carboxylic acid groups (broad SMARTS) is 2. The lowest BCUT2D eigenvalue weighted by atomic mass is 10.1. The molecule has 39 heavy (non-hydrogen) atoms. The van der Waals surface area contributed by atoms with Crippen LogP contribution >= 0.6 is 0 Å². The molecule has 7 N–H and O–H groups in total. The maximum Gasteiger partial charge on any atom is 0.326 e. The first-order valence-electron chi connectivity index (χ1n) is 12.3. The lowest BCUT2D eigenvalue weighted by Crippen LogP contribution is -2.43. The first-order valence-corrected chi connectivity index (χ1v) is 12.3. The highest BCUT2D eigenvalue weighted by atomic mass is 16.5. The summed E-state index contributed by atoms with van der Waals surface area (Å²) < 4.78 is 11.0. The molecule has 2 atom stereocenters. The van der Waals surface area contributed by atoms with Gasteiger partial charge in [-0.3, -0.25) is 14.4 Å². The number of benzene rings is 1. The molecule has 1 heterocycles. The van der Waals surface area contributed by atoms with Gasteiger partial charge >= 0.3 is 11.9 Å². The molecular formula is C26H34N4O9. The number of carboxylic acids is 2. The van der Waals surface area contributed by atoms with Gasteiger partial charge in [0.1, 0.15) is 30.2 Å². The molecule has 0 radical (unpaired) electrons. The third-order valence-corrected chi connectivity index (χ3v) is 5.60. The molecule has 0 unspecified atom stereocenters. The van der Waals surface area contributed by atoms with E-state index < -0.39 is 35.8 Å². The molecule has 1 aromatic heterocycles. The topological polar surface area (TPSA) is 210 Å². The summed E-state index contributed by atoms with van der Waals surface area (Å²) in [5.41, 5.74) is 7.36.